The summed E-state index contributed by atoms with van der Waals surface area (Å²) in [5.41, 5.74) is 3.08. The second-order valence-corrected chi connectivity index (χ2v) is 9.33. The van der Waals surface area contributed by atoms with Gasteiger partial charge in [-0.25, -0.2) is 8.42 Å². The van der Waals surface area contributed by atoms with E-state index in [0.717, 1.165) is 17.0 Å². The molecule has 1 atom stereocenters. The lowest BCUT2D eigenvalue weighted by atomic mass is 10.0. The summed E-state index contributed by atoms with van der Waals surface area (Å²) in [6, 6.07) is 9.96. The molecule has 1 aliphatic rings. The van der Waals surface area contributed by atoms with Crippen LogP contribution in [0.4, 0.5) is 0 Å². The number of hydrogen-bond donors (Lipinski definition) is 1. The summed E-state index contributed by atoms with van der Waals surface area (Å²) in [6.07, 6.45) is 0. The van der Waals surface area contributed by atoms with Crippen LogP contribution in [0.25, 0.3) is 0 Å². The Morgan fingerprint density at radius 1 is 1.07 bits per heavy atom. The molecule has 7 nitrogen and oxygen atoms in total. The number of rotatable bonds is 3. The minimum atomic E-state index is -3.90. The highest BCUT2D eigenvalue weighted by Crippen LogP contribution is 2.34. The summed E-state index contributed by atoms with van der Waals surface area (Å²) in [5, 5.41) is 7.27. The lowest BCUT2D eigenvalue weighted by Crippen LogP contribution is -2.28. The zero-order valence-corrected chi connectivity index (χ0v) is 17.9. The van der Waals surface area contributed by atoms with Crippen molar-refractivity contribution in [2.45, 2.75) is 36.6 Å². The molecule has 0 bridgehead atoms. The van der Waals surface area contributed by atoms with E-state index >= 15 is 0 Å². The van der Waals surface area contributed by atoms with E-state index in [0.29, 0.717) is 0 Å². The van der Waals surface area contributed by atoms with E-state index in [2.05, 4.69) is 10.4 Å². The number of carbonyl (C=O) groups excluding carboxylic acids is 2. The average molecular weight is 423 g/mol. The lowest BCUT2D eigenvalue weighted by Gasteiger charge is -2.20. The molecule has 0 saturated heterocycles. The highest BCUT2D eigenvalue weighted by molar-refractivity contribution is 7.91. The van der Waals surface area contributed by atoms with Crippen molar-refractivity contribution in [3.05, 3.63) is 76.1 Å². The summed E-state index contributed by atoms with van der Waals surface area (Å²) < 4.78 is 27.9. The molecule has 8 heteroatoms. The maximum absolute atomic E-state index is 13.1. The molecule has 1 N–H and O–H groups in total. The maximum Gasteiger partial charge on any atom is 0.251 e. The van der Waals surface area contributed by atoms with Crippen LogP contribution >= 0.6 is 0 Å². The van der Waals surface area contributed by atoms with E-state index in [9.17, 15) is 18.0 Å². The van der Waals surface area contributed by atoms with Crippen molar-refractivity contribution in [1.29, 1.82) is 0 Å². The maximum atomic E-state index is 13.1. The summed E-state index contributed by atoms with van der Waals surface area (Å²) in [6.45, 7) is 5.65. The molecule has 0 saturated carbocycles. The SMILES string of the molecule is Cc1nn(C)c(C)c1[C@H](C)NC(=O)c1ccc2c(c1)S(=O)(=O)c1ccccc1C2=O. The van der Waals surface area contributed by atoms with Gasteiger partial charge in [0.05, 0.1) is 21.5 Å². The molecule has 0 fully saturated rings. The fourth-order valence-electron chi connectivity index (χ4n) is 3.99. The average Bonchev–Trinajstić information content (AvgIpc) is 2.97. The van der Waals surface area contributed by atoms with Crippen LogP contribution < -0.4 is 5.32 Å². The summed E-state index contributed by atoms with van der Waals surface area (Å²) in [5.74, 6) is -0.785. The number of benzene rings is 2. The molecule has 1 aromatic heterocycles. The molecule has 30 heavy (non-hydrogen) atoms. The summed E-state index contributed by atoms with van der Waals surface area (Å²) in [4.78, 5) is 25.4. The van der Waals surface area contributed by atoms with Gasteiger partial charge in [-0.15, -0.1) is 0 Å². The number of nitrogens with one attached hydrogen (secondary N) is 1. The monoisotopic (exact) mass is 423 g/mol. The number of fused-ring (bicyclic) bond motifs is 2. The van der Waals surface area contributed by atoms with E-state index in [1.165, 1.54) is 30.3 Å². The minimum absolute atomic E-state index is 0.0324. The van der Waals surface area contributed by atoms with Gasteiger partial charge in [-0.3, -0.25) is 14.3 Å². The second kappa shape index (κ2) is 6.91. The molecule has 0 unspecified atom stereocenters. The van der Waals surface area contributed by atoms with Crippen LogP contribution in [0.2, 0.25) is 0 Å². The fourth-order valence-corrected chi connectivity index (χ4v) is 5.67. The van der Waals surface area contributed by atoms with Crippen LogP contribution in [0.15, 0.2) is 52.3 Å². The normalized spacial score (nSPS) is 15.3. The Morgan fingerprint density at radius 3 is 2.40 bits per heavy atom. The Morgan fingerprint density at radius 2 is 1.73 bits per heavy atom. The third kappa shape index (κ3) is 2.95. The van der Waals surface area contributed by atoms with E-state index in [4.69, 9.17) is 0 Å². The first-order valence-corrected chi connectivity index (χ1v) is 10.9. The number of nitrogens with zero attached hydrogens (tertiary/aromatic N) is 2. The topological polar surface area (TPSA) is 98.1 Å². The zero-order chi connectivity index (χ0) is 21.8. The van der Waals surface area contributed by atoms with Gasteiger partial charge in [-0.2, -0.15) is 5.10 Å². The largest absolute Gasteiger partial charge is 0.345 e. The van der Waals surface area contributed by atoms with Crippen molar-refractivity contribution in [2.24, 2.45) is 7.05 Å². The van der Waals surface area contributed by atoms with Gasteiger partial charge in [0.25, 0.3) is 5.91 Å². The van der Waals surface area contributed by atoms with Gasteiger partial charge in [-0.1, -0.05) is 12.1 Å². The molecule has 3 aromatic rings. The van der Waals surface area contributed by atoms with Gasteiger partial charge < -0.3 is 5.32 Å². The van der Waals surface area contributed by atoms with Gasteiger partial charge in [0.1, 0.15) is 0 Å². The predicted octanol–water partition coefficient (Wildman–Crippen LogP) is 2.91. The van der Waals surface area contributed by atoms with Crippen molar-refractivity contribution >= 4 is 21.5 Å². The molecule has 0 radical (unpaired) electrons. The summed E-state index contributed by atoms with van der Waals surface area (Å²) >= 11 is 0. The van der Waals surface area contributed by atoms with Crippen LogP contribution in [0, 0.1) is 13.8 Å². The number of aromatic nitrogens is 2. The zero-order valence-electron chi connectivity index (χ0n) is 17.1. The van der Waals surface area contributed by atoms with E-state index in [1.54, 1.807) is 16.8 Å². The molecule has 0 spiro atoms. The van der Waals surface area contributed by atoms with Crippen LogP contribution in [0.3, 0.4) is 0 Å². The first kappa shape index (κ1) is 20.0. The molecule has 1 amide bonds. The molecule has 4 rings (SSSR count). The van der Waals surface area contributed by atoms with Crippen molar-refractivity contribution in [3.63, 3.8) is 0 Å². The Labute approximate surface area is 174 Å². The van der Waals surface area contributed by atoms with Crippen molar-refractivity contribution in [2.75, 3.05) is 0 Å². The fraction of sp³-hybridized carbons (Fsp3) is 0.227. The van der Waals surface area contributed by atoms with Gasteiger partial charge >= 0.3 is 0 Å². The Balaban J connectivity index is 1.70. The van der Waals surface area contributed by atoms with Crippen LogP contribution in [-0.4, -0.2) is 29.9 Å². The second-order valence-electron chi connectivity index (χ2n) is 7.44. The van der Waals surface area contributed by atoms with Crippen molar-refractivity contribution < 1.29 is 18.0 Å². The van der Waals surface area contributed by atoms with Crippen LogP contribution in [0.5, 0.6) is 0 Å². The van der Waals surface area contributed by atoms with Gasteiger partial charge in [0, 0.05) is 35.0 Å². The van der Waals surface area contributed by atoms with E-state index in [1.807, 2.05) is 27.8 Å². The molecular weight excluding hydrogens is 402 g/mol. The van der Waals surface area contributed by atoms with Crippen LogP contribution in [0.1, 0.15) is 56.2 Å². The van der Waals surface area contributed by atoms with E-state index < -0.39 is 15.7 Å². The number of sulfone groups is 1. The number of carbonyl (C=O) groups is 2. The number of ketones is 1. The smallest absolute Gasteiger partial charge is 0.251 e. The lowest BCUT2D eigenvalue weighted by molar-refractivity contribution is 0.0937. The number of aryl methyl sites for hydroxylation is 2. The third-order valence-electron chi connectivity index (χ3n) is 5.54. The highest BCUT2D eigenvalue weighted by Gasteiger charge is 2.35. The Kier molecular flexibility index (Phi) is 4.62. The van der Waals surface area contributed by atoms with Crippen molar-refractivity contribution in [3.8, 4) is 0 Å². The molecule has 2 aromatic carbocycles. The minimum Gasteiger partial charge on any atom is -0.345 e. The number of amides is 1. The quantitative estimate of drug-likeness (QED) is 0.546. The first-order valence-electron chi connectivity index (χ1n) is 9.46. The van der Waals surface area contributed by atoms with Crippen LogP contribution in [-0.2, 0) is 16.9 Å². The first-order chi connectivity index (χ1) is 14.1. The van der Waals surface area contributed by atoms with Gasteiger partial charge in [-0.05, 0) is 51.1 Å². The van der Waals surface area contributed by atoms with Gasteiger partial charge in [0.15, 0.2) is 5.78 Å². The Hall–Kier alpha value is -3.26. The molecule has 0 aliphatic carbocycles. The van der Waals surface area contributed by atoms with Gasteiger partial charge in [0.2, 0.25) is 9.84 Å². The Bertz CT molecular complexity index is 1320. The third-order valence-corrected chi connectivity index (χ3v) is 7.40. The molecule has 154 valence electrons. The molecule has 2 heterocycles. The van der Waals surface area contributed by atoms with Crippen molar-refractivity contribution in [1.82, 2.24) is 15.1 Å². The highest BCUT2D eigenvalue weighted by atomic mass is 32.2. The summed E-state index contributed by atoms with van der Waals surface area (Å²) in [7, 11) is -2.06. The molecule has 1 aliphatic heterocycles. The molecular formula is C22H21N3O4S. The standard InChI is InChI=1S/C22H21N3O4S/c1-12(20-13(2)24-25(4)14(20)3)23-22(27)15-9-10-17-19(11-15)30(28,29)18-8-6-5-7-16(18)21(17)26/h5-12H,1-4H3,(H,23,27)/t12-/m0/s1. The predicted molar refractivity (Wildman–Crippen MR) is 110 cm³/mol. The van der Waals surface area contributed by atoms with E-state index in [-0.39, 0.29) is 38.3 Å². The number of hydrogen-bond acceptors (Lipinski definition) is 5.